The lowest BCUT2D eigenvalue weighted by Gasteiger charge is -2.61. The van der Waals surface area contributed by atoms with Gasteiger partial charge in [0.2, 0.25) is 0 Å². The predicted octanol–water partition coefficient (Wildman–Crippen LogP) is 4.83. The molecule has 0 bridgehead atoms. The number of carbonyl (C=O) groups is 1. The number of ether oxygens (including phenoxy) is 2. The van der Waals surface area contributed by atoms with Crippen LogP contribution in [0.2, 0.25) is 0 Å². The minimum atomic E-state index is -0.276. The van der Waals surface area contributed by atoms with Crippen molar-refractivity contribution in [2.75, 3.05) is 0 Å². The Morgan fingerprint density at radius 2 is 1.90 bits per heavy atom. The van der Waals surface area contributed by atoms with Crippen LogP contribution in [0.1, 0.15) is 83.6 Å². The first-order chi connectivity index (χ1) is 14.8. The molecule has 31 heavy (non-hydrogen) atoms. The summed E-state index contributed by atoms with van der Waals surface area (Å²) < 4.78 is 17.5. The van der Waals surface area contributed by atoms with Crippen molar-refractivity contribution in [1.29, 1.82) is 0 Å². The smallest absolute Gasteiger partial charge is 0.335 e. The third-order valence-corrected chi connectivity index (χ3v) is 10.5. The molecule has 4 saturated carbocycles. The number of esters is 1. The topological polar surface area (TPSA) is 69.0 Å². The normalized spacial score (nSPS) is 49.9. The minimum Gasteiger partial charge on any atom is -0.463 e. The Hall–Kier alpha value is -1.62. The van der Waals surface area contributed by atoms with Gasteiger partial charge in [-0.1, -0.05) is 13.8 Å². The first-order valence-electron chi connectivity index (χ1n) is 12.2. The average molecular weight is 427 g/mol. The molecule has 1 spiro atoms. The number of fused-ring (bicyclic) bond motifs is 3. The van der Waals surface area contributed by atoms with Crippen LogP contribution in [0.5, 0.6) is 0 Å². The lowest BCUT2D eigenvalue weighted by molar-refractivity contribution is -0.162. The molecule has 5 heteroatoms. The van der Waals surface area contributed by atoms with Crippen molar-refractivity contribution in [3.63, 3.8) is 0 Å². The molecular weight excluding hydrogens is 392 g/mol. The molecule has 9 atom stereocenters. The van der Waals surface area contributed by atoms with Gasteiger partial charge in [0, 0.05) is 18.4 Å². The van der Waals surface area contributed by atoms with E-state index in [0.29, 0.717) is 35.2 Å². The Bertz CT molecular complexity index is 948. The second-order valence-corrected chi connectivity index (χ2v) is 11.5. The summed E-state index contributed by atoms with van der Waals surface area (Å²) in [5, 5.41) is 0. The Kier molecular flexibility index (Phi) is 4.17. The Balaban J connectivity index is 1.28. The van der Waals surface area contributed by atoms with E-state index in [9.17, 15) is 9.59 Å². The van der Waals surface area contributed by atoms with Crippen molar-refractivity contribution >= 4 is 5.97 Å². The van der Waals surface area contributed by atoms with Gasteiger partial charge in [0.05, 0.1) is 12.4 Å². The third-order valence-electron chi connectivity index (χ3n) is 10.5. The van der Waals surface area contributed by atoms with Crippen LogP contribution in [0.25, 0.3) is 0 Å². The van der Waals surface area contributed by atoms with E-state index in [4.69, 9.17) is 13.9 Å². The van der Waals surface area contributed by atoms with E-state index in [1.54, 1.807) is 12.3 Å². The molecular formula is C26H34O5. The van der Waals surface area contributed by atoms with E-state index < -0.39 is 0 Å². The predicted molar refractivity (Wildman–Crippen MR) is 114 cm³/mol. The van der Waals surface area contributed by atoms with E-state index in [1.807, 2.05) is 6.07 Å². The van der Waals surface area contributed by atoms with Gasteiger partial charge in [-0.05, 0) is 92.1 Å². The van der Waals surface area contributed by atoms with Crippen molar-refractivity contribution in [1.82, 2.24) is 0 Å². The second kappa shape index (κ2) is 6.46. The van der Waals surface area contributed by atoms with Crippen LogP contribution in [0, 0.1) is 28.6 Å². The fourth-order valence-electron chi connectivity index (χ4n) is 9.06. The van der Waals surface area contributed by atoms with Crippen molar-refractivity contribution in [3.8, 4) is 0 Å². The monoisotopic (exact) mass is 426 g/mol. The number of carbonyl (C=O) groups excluding carboxylic acids is 1. The summed E-state index contributed by atoms with van der Waals surface area (Å²) in [6, 6.07) is 3.54. The van der Waals surface area contributed by atoms with Crippen LogP contribution in [-0.4, -0.2) is 23.8 Å². The maximum Gasteiger partial charge on any atom is 0.335 e. The Labute approximate surface area is 183 Å². The first-order valence-corrected chi connectivity index (χ1v) is 12.2. The molecule has 0 aromatic carbocycles. The molecule has 1 aromatic heterocycles. The highest BCUT2D eigenvalue weighted by Crippen LogP contribution is 2.77. The lowest BCUT2D eigenvalue weighted by atomic mass is 9.44. The highest BCUT2D eigenvalue weighted by atomic mass is 16.6. The van der Waals surface area contributed by atoms with Crippen LogP contribution in [0.3, 0.4) is 0 Å². The summed E-state index contributed by atoms with van der Waals surface area (Å²) in [7, 11) is 0. The standard InChI is InChI=1S/C26H34O5/c1-15(27)30-18-8-10-24(2)17(12-18)5-6-20-19(24)9-11-25(3)21(13-22-26(20,25)31-22)16-4-7-23(28)29-14-16/h4,7,14,17-22H,5-6,8-13H2,1-3H3/t17-,18+,19+,20-,21-,22+,24+,25-,26+/m1/s1. The SMILES string of the molecule is CC(=O)O[C@H]1CC[C@@]2(C)[C@H](CC[C@@H]3[C@@H]2CC[C@]2(C)[C@@H](c4ccc(=O)oc4)C[C@@H]4O[C@]432)C1. The molecule has 5 fully saturated rings. The maximum atomic E-state index is 11.5. The molecule has 168 valence electrons. The van der Waals surface area contributed by atoms with E-state index in [1.165, 1.54) is 32.6 Å². The number of rotatable bonds is 2. The van der Waals surface area contributed by atoms with Gasteiger partial charge in [0.25, 0.3) is 0 Å². The second-order valence-electron chi connectivity index (χ2n) is 11.5. The van der Waals surface area contributed by atoms with Crippen LogP contribution in [0.4, 0.5) is 0 Å². The average Bonchev–Trinajstić information content (AvgIpc) is 3.39. The van der Waals surface area contributed by atoms with Crippen molar-refractivity contribution in [2.24, 2.45) is 28.6 Å². The summed E-state index contributed by atoms with van der Waals surface area (Å²) in [5.41, 5.74) is 1.32. The van der Waals surface area contributed by atoms with Crippen LogP contribution in [0.15, 0.2) is 27.6 Å². The van der Waals surface area contributed by atoms with Gasteiger partial charge >= 0.3 is 11.6 Å². The molecule has 4 aliphatic carbocycles. The summed E-state index contributed by atoms with van der Waals surface area (Å²) in [6.07, 6.45) is 11.2. The van der Waals surface area contributed by atoms with Gasteiger partial charge in [-0.2, -0.15) is 0 Å². The fourth-order valence-corrected chi connectivity index (χ4v) is 9.06. The van der Waals surface area contributed by atoms with Crippen molar-refractivity contribution in [3.05, 3.63) is 34.4 Å². The van der Waals surface area contributed by atoms with E-state index in [0.717, 1.165) is 31.2 Å². The Morgan fingerprint density at radius 1 is 1.06 bits per heavy atom. The third kappa shape index (κ3) is 2.59. The number of hydrogen-bond donors (Lipinski definition) is 0. The molecule has 2 heterocycles. The summed E-state index contributed by atoms with van der Waals surface area (Å²) in [6.45, 7) is 6.50. The van der Waals surface area contributed by atoms with E-state index in [2.05, 4.69) is 13.8 Å². The molecule has 5 nitrogen and oxygen atoms in total. The molecule has 0 unspecified atom stereocenters. The minimum absolute atomic E-state index is 0.00255. The highest BCUT2D eigenvalue weighted by molar-refractivity contribution is 5.66. The van der Waals surface area contributed by atoms with Crippen molar-refractivity contribution in [2.45, 2.75) is 95.9 Å². The van der Waals surface area contributed by atoms with Crippen LogP contribution >= 0.6 is 0 Å². The quantitative estimate of drug-likeness (QED) is 0.500. The van der Waals surface area contributed by atoms with Gasteiger partial charge < -0.3 is 13.9 Å². The van der Waals surface area contributed by atoms with Gasteiger partial charge in [-0.25, -0.2) is 4.79 Å². The summed E-state index contributed by atoms with van der Waals surface area (Å²) in [4.78, 5) is 23.0. The van der Waals surface area contributed by atoms with Crippen LogP contribution in [-0.2, 0) is 14.3 Å². The van der Waals surface area contributed by atoms with Crippen LogP contribution < -0.4 is 5.63 Å². The fraction of sp³-hybridized carbons (Fsp3) is 0.769. The molecule has 0 N–H and O–H groups in total. The molecule has 0 radical (unpaired) electrons. The maximum absolute atomic E-state index is 11.5. The molecule has 1 saturated heterocycles. The molecule has 1 aromatic rings. The molecule has 6 rings (SSSR count). The zero-order chi connectivity index (χ0) is 21.6. The molecule has 1 aliphatic heterocycles. The van der Waals surface area contributed by atoms with E-state index >= 15 is 0 Å². The zero-order valence-corrected chi connectivity index (χ0v) is 18.9. The summed E-state index contributed by atoms with van der Waals surface area (Å²) >= 11 is 0. The lowest BCUT2D eigenvalue weighted by Crippen LogP contribution is -2.58. The Morgan fingerprint density at radius 3 is 2.65 bits per heavy atom. The largest absolute Gasteiger partial charge is 0.463 e. The van der Waals surface area contributed by atoms with Gasteiger partial charge in [0.1, 0.15) is 11.7 Å². The van der Waals surface area contributed by atoms with Gasteiger partial charge in [-0.15, -0.1) is 0 Å². The number of hydrogen-bond acceptors (Lipinski definition) is 5. The van der Waals surface area contributed by atoms with Crippen molar-refractivity contribution < 1.29 is 18.7 Å². The zero-order valence-electron chi connectivity index (χ0n) is 18.9. The first kappa shape index (κ1) is 20.0. The number of epoxide rings is 1. The van der Waals surface area contributed by atoms with E-state index in [-0.39, 0.29) is 28.7 Å². The van der Waals surface area contributed by atoms with Gasteiger partial charge in [0.15, 0.2) is 0 Å². The van der Waals surface area contributed by atoms with Gasteiger partial charge in [-0.3, -0.25) is 4.79 Å². The molecule has 0 amide bonds. The summed E-state index contributed by atoms with van der Waals surface area (Å²) in [5.74, 6) is 2.21. The highest BCUT2D eigenvalue weighted by Gasteiger charge is 2.80. The molecule has 5 aliphatic rings.